The maximum Gasteiger partial charge on any atom is 0.259 e. The van der Waals surface area contributed by atoms with Crippen molar-refractivity contribution in [1.82, 2.24) is 10.3 Å². The highest BCUT2D eigenvalue weighted by Crippen LogP contribution is 2.22. The molecule has 1 heterocycles. The van der Waals surface area contributed by atoms with E-state index in [1.165, 1.54) is 0 Å². The van der Waals surface area contributed by atoms with Gasteiger partial charge in [0.1, 0.15) is 6.54 Å². The van der Waals surface area contributed by atoms with E-state index in [2.05, 4.69) is 10.5 Å². The number of halogens is 2. The zero-order valence-corrected chi connectivity index (χ0v) is 14.5. The van der Waals surface area contributed by atoms with Crippen LogP contribution in [0, 0.1) is 0 Å². The largest absolute Gasteiger partial charge is 0.333 e. The minimum Gasteiger partial charge on any atom is -0.333 e. The normalized spacial score (nSPS) is 16.2. The van der Waals surface area contributed by atoms with Gasteiger partial charge in [-0.05, 0) is 37.5 Å². The zero-order valence-electron chi connectivity index (χ0n) is 12.9. The first kappa shape index (κ1) is 17.8. The topological polar surface area (TPSA) is 61.8 Å². The third-order valence-corrected chi connectivity index (χ3v) is 4.43. The molecule has 1 fully saturated rings. The molecule has 1 aliphatic heterocycles. The van der Waals surface area contributed by atoms with Crippen LogP contribution >= 0.6 is 23.2 Å². The first-order valence-electron chi connectivity index (χ1n) is 7.53. The van der Waals surface area contributed by atoms with E-state index in [1.54, 1.807) is 30.0 Å². The fraction of sp³-hybridized carbons (Fsp3) is 0.438. The molecule has 1 aromatic carbocycles. The molecule has 0 aliphatic carbocycles. The predicted molar refractivity (Wildman–Crippen MR) is 91.9 cm³/mol. The summed E-state index contributed by atoms with van der Waals surface area (Å²) in [6.07, 6.45) is 3.37. The fourth-order valence-corrected chi connectivity index (χ4v) is 2.64. The molecule has 0 saturated carbocycles. The summed E-state index contributed by atoms with van der Waals surface area (Å²) in [7, 11) is 0. The molecule has 0 aromatic heterocycles. The van der Waals surface area contributed by atoms with E-state index in [0.717, 1.165) is 24.8 Å². The van der Waals surface area contributed by atoms with E-state index in [1.807, 2.05) is 0 Å². The van der Waals surface area contributed by atoms with E-state index in [9.17, 15) is 9.59 Å². The Bertz CT molecular complexity index is 632. The Hall–Kier alpha value is -1.59. The average Bonchev–Trinajstić information content (AvgIpc) is 2.72. The Morgan fingerprint density at radius 3 is 2.78 bits per heavy atom. The number of rotatable bonds is 4. The van der Waals surface area contributed by atoms with E-state index in [-0.39, 0.29) is 18.4 Å². The number of carbonyl (C=O) groups is 2. The monoisotopic (exact) mass is 355 g/mol. The van der Waals surface area contributed by atoms with Crippen molar-refractivity contribution in [3.8, 4) is 0 Å². The lowest BCUT2D eigenvalue weighted by Gasteiger charge is -2.19. The van der Waals surface area contributed by atoms with Gasteiger partial charge in [-0.1, -0.05) is 35.7 Å². The number of hydrazone groups is 1. The van der Waals surface area contributed by atoms with Crippen molar-refractivity contribution in [2.24, 2.45) is 5.10 Å². The lowest BCUT2D eigenvalue weighted by Crippen LogP contribution is -2.39. The average molecular weight is 356 g/mol. The van der Waals surface area contributed by atoms with Crippen LogP contribution in [0.4, 0.5) is 0 Å². The van der Waals surface area contributed by atoms with Gasteiger partial charge in [-0.15, -0.1) is 0 Å². The molecule has 0 unspecified atom stereocenters. The maximum atomic E-state index is 12.0. The Kier molecular flexibility index (Phi) is 6.42. The second kappa shape index (κ2) is 8.31. The molecular weight excluding hydrogens is 337 g/mol. The predicted octanol–water partition coefficient (Wildman–Crippen LogP) is 3.24. The van der Waals surface area contributed by atoms with Crippen molar-refractivity contribution >= 4 is 40.7 Å². The van der Waals surface area contributed by atoms with Crippen LogP contribution in [0.15, 0.2) is 23.3 Å². The smallest absolute Gasteiger partial charge is 0.259 e. The summed E-state index contributed by atoms with van der Waals surface area (Å²) in [6.45, 7) is 2.43. The third kappa shape index (κ3) is 5.22. The highest BCUT2D eigenvalue weighted by molar-refractivity contribution is 6.42. The van der Waals surface area contributed by atoms with Crippen molar-refractivity contribution in [2.75, 3.05) is 13.1 Å². The summed E-state index contributed by atoms with van der Waals surface area (Å²) in [5.74, 6) is -0.275. The SMILES string of the molecule is C/C(=N/NC(=O)CN1CCCCCC1=O)c1ccc(Cl)c(Cl)c1. The molecule has 2 amide bonds. The Balaban J connectivity index is 1.94. The number of likely N-dealkylation sites (tertiary alicyclic amines) is 1. The molecule has 0 bridgehead atoms. The van der Waals surface area contributed by atoms with Gasteiger partial charge in [0, 0.05) is 13.0 Å². The van der Waals surface area contributed by atoms with Gasteiger partial charge in [0.25, 0.3) is 5.91 Å². The van der Waals surface area contributed by atoms with Crippen molar-refractivity contribution in [3.63, 3.8) is 0 Å². The molecule has 7 heteroatoms. The minimum absolute atomic E-state index is 0.0304. The molecule has 1 N–H and O–H groups in total. The van der Waals surface area contributed by atoms with Crippen LogP contribution in [0.1, 0.15) is 38.2 Å². The highest BCUT2D eigenvalue weighted by Gasteiger charge is 2.18. The molecule has 2 rings (SSSR count). The van der Waals surface area contributed by atoms with Crippen molar-refractivity contribution in [3.05, 3.63) is 33.8 Å². The van der Waals surface area contributed by atoms with Gasteiger partial charge in [-0.3, -0.25) is 9.59 Å². The van der Waals surface area contributed by atoms with Crippen LogP contribution in [-0.4, -0.2) is 35.5 Å². The maximum absolute atomic E-state index is 12.0. The lowest BCUT2D eigenvalue weighted by atomic mass is 10.1. The van der Waals surface area contributed by atoms with Gasteiger partial charge >= 0.3 is 0 Å². The molecule has 0 spiro atoms. The van der Waals surface area contributed by atoms with Crippen molar-refractivity contribution < 1.29 is 9.59 Å². The molecule has 0 radical (unpaired) electrons. The van der Waals surface area contributed by atoms with Gasteiger partial charge in [-0.25, -0.2) is 5.43 Å². The molecule has 5 nitrogen and oxygen atoms in total. The number of hydrogen-bond acceptors (Lipinski definition) is 3. The van der Waals surface area contributed by atoms with Crippen molar-refractivity contribution in [1.29, 1.82) is 0 Å². The fourth-order valence-electron chi connectivity index (χ4n) is 2.35. The summed E-state index contributed by atoms with van der Waals surface area (Å²) in [4.78, 5) is 25.4. The molecule has 0 atom stereocenters. The number of nitrogens with zero attached hydrogens (tertiary/aromatic N) is 2. The summed E-state index contributed by atoms with van der Waals surface area (Å²) in [5.41, 5.74) is 3.86. The summed E-state index contributed by atoms with van der Waals surface area (Å²) in [5, 5.41) is 4.95. The molecule has 1 saturated heterocycles. The molecule has 1 aliphatic rings. The first-order chi connectivity index (χ1) is 11.0. The first-order valence-corrected chi connectivity index (χ1v) is 8.29. The number of hydrogen-bond donors (Lipinski definition) is 1. The van der Waals surface area contributed by atoms with E-state index < -0.39 is 0 Å². The van der Waals surface area contributed by atoms with Crippen molar-refractivity contribution in [2.45, 2.75) is 32.6 Å². The Labute approximate surface area is 145 Å². The van der Waals surface area contributed by atoms with Crippen LogP contribution in [-0.2, 0) is 9.59 Å². The second-order valence-corrected chi connectivity index (χ2v) is 6.30. The minimum atomic E-state index is -0.306. The summed E-state index contributed by atoms with van der Waals surface area (Å²) in [6, 6.07) is 5.14. The van der Waals surface area contributed by atoms with Crippen LogP contribution in [0.25, 0.3) is 0 Å². The van der Waals surface area contributed by atoms with Gasteiger partial charge in [-0.2, -0.15) is 5.10 Å². The number of carbonyl (C=O) groups excluding carboxylic acids is 2. The molecule has 124 valence electrons. The lowest BCUT2D eigenvalue weighted by molar-refractivity contribution is -0.135. The standard InChI is InChI=1S/C16H19Cl2N3O2/c1-11(12-6-7-13(17)14(18)9-12)19-20-15(22)10-21-8-4-2-3-5-16(21)23/h6-7,9H,2-5,8,10H2,1H3,(H,20,22)/b19-11-. The number of benzene rings is 1. The molecular formula is C16H19Cl2N3O2. The number of nitrogens with one attached hydrogen (secondary N) is 1. The van der Waals surface area contributed by atoms with Gasteiger partial charge in [0.15, 0.2) is 0 Å². The zero-order chi connectivity index (χ0) is 16.8. The van der Waals surface area contributed by atoms with Crippen LogP contribution in [0.5, 0.6) is 0 Å². The second-order valence-electron chi connectivity index (χ2n) is 5.49. The number of amides is 2. The molecule has 23 heavy (non-hydrogen) atoms. The van der Waals surface area contributed by atoms with Crippen LogP contribution in [0.2, 0.25) is 10.0 Å². The Morgan fingerprint density at radius 1 is 1.26 bits per heavy atom. The summed E-state index contributed by atoms with van der Waals surface area (Å²) >= 11 is 11.8. The van der Waals surface area contributed by atoms with E-state index in [4.69, 9.17) is 23.2 Å². The van der Waals surface area contributed by atoms with Crippen LogP contribution < -0.4 is 5.43 Å². The molecule has 1 aromatic rings. The third-order valence-electron chi connectivity index (χ3n) is 3.69. The highest BCUT2D eigenvalue weighted by atomic mass is 35.5. The Morgan fingerprint density at radius 2 is 2.04 bits per heavy atom. The van der Waals surface area contributed by atoms with Crippen LogP contribution in [0.3, 0.4) is 0 Å². The van der Waals surface area contributed by atoms with Gasteiger partial charge in [0.2, 0.25) is 5.91 Å². The summed E-state index contributed by atoms with van der Waals surface area (Å²) < 4.78 is 0. The quantitative estimate of drug-likeness (QED) is 0.665. The van der Waals surface area contributed by atoms with E-state index in [0.29, 0.717) is 28.7 Å². The van der Waals surface area contributed by atoms with E-state index >= 15 is 0 Å². The van der Waals surface area contributed by atoms with Gasteiger partial charge < -0.3 is 4.90 Å². The van der Waals surface area contributed by atoms with Gasteiger partial charge in [0.05, 0.1) is 15.8 Å².